The van der Waals surface area contributed by atoms with Crippen LogP contribution in [0.5, 0.6) is 5.75 Å². The molecule has 1 aromatic carbocycles. The second-order valence-corrected chi connectivity index (χ2v) is 4.58. The predicted molar refractivity (Wildman–Crippen MR) is 66.3 cm³/mol. The Labute approximate surface area is 103 Å². The lowest BCUT2D eigenvalue weighted by Crippen LogP contribution is -2.07. The summed E-state index contributed by atoms with van der Waals surface area (Å²) in [5, 5.41) is 0. The van der Waals surface area contributed by atoms with Crippen molar-refractivity contribution in [1.82, 2.24) is 0 Å². The summed E-state index contributed by atoms with van der Waals surface area (Å²) in [6.45, 7) is 3.88. The zero-order valence-electron chi connectivity index (χ0n) is 8.91. The molecule has 1 rings (SSSR count). The third kappa shape index (κ3) is 3.70. The van der Waals surface area contributed by atoms with E-state index in [4.69, 9.17) is 4.74 Å². The standard InChI is InChI=1S/C11H13IO3/c1-7(2)15-10-5-8(11(13)14-3)4-9(12)6-10/h4-7H,1-3H3. The van der Waals surface area contributed by atoms with E-state index >= 15 is 0 Å². The first-order chi connectivity index (χ1) is 7.02. The van der Waals surface area contributed by atoms with Crippen molar-refractivity contribution in [2.24, 2.45) is 0 Å². The van der Waals surface area contributed by atoms with Gasteiger partial charge < -0.3 is 9.47 Å². The largest absolute Gasteiger partial charge is 0.491 e. The Morgan fingerprint density at radius 3 is 2.53 bits per heavy atom. The molecule has 0 heterocycles. The van der Waals surface area contributed by atoms with Crippen LogP contribution in [0.25, 0.3) is 0 Å². The van der Waals surface area contributed by atoms with Gasteiger partial charge in [0.1, 0.15) is 5.75 Å². The van der Waals surface area contributed by atoms with Gasteiger partial charge in [0, 0.05) is 3.57 Å². The molecule has 0 aromatic heterocycles. The lowest BCUT2D eigenvalue weighted by Gasteiger charge is -2.11. The molecule has 1 aromatic rings. The minimum atomic E-state index is -0.345. The van der Waals surface area contributed by atoms with E-state index in [9.17, 15) is 4.79 Å². The number of halogens is 1. The Balaban J connectivity index is 2.99. The van der Waals surface area contributed by atoms with Gasteiger partial charge in [0.2, 0.25) is 0 Å². The average molecular weight is 320 g/mol. The Kier molecular flexibility index (Phi) is 4.38. The molecule has 0 aliphatic heterocycles. The van der Waals surface area contributed by atoms with Gasteiger partial charge in [-0.25, -0.2) is 4.79 Å². The predicted octanol–water partition coefficient (Wildman–Crippen LogP) is 2.87. The smallest absolute Gasteiger partial charge is 0.338 e. The molecule has 0 aliphatic carbocycles. The van der Waals surface area contributed by atoms with Crippen molar-refractivity contribution in [2.75, 3.05) is 7.11 Å². The Hall–Kier alpha value is -0.780. The number of ether oxygens (including phenoxy) is 2. The highest BCUT2D eigenvalue weighted by Gasteiger charge is 2.09. The monoisotopic (exact) mass is 320 g/mol. The molecule has 0 unspecified atom stereocenters. The Morgan fingerprint density at radius 2 is 2.00 bits per heavy atom. The van der Waals surface area contributed by atoms with E-state index in [2.05, 4.69) is 27.3 Å². The van der Waals surface area contributed by atoms with E-state index in [1.165, 1.54) is 7.11 Å². The van der Waals surface area contributed by atoms with Crippen molar-refractivity contribution in [2.45, 2.75) is 20.0 Å². The summed E-state index contributed by atoms with van der Waals surface area (Å²) >= 11 is 2.14. The quantitative estimate of drug-likeness (QED) is 0.635. The SMILES string of the molecule is COC(=O)c1cc(I)cc(OC(C)C)c1. The lowest BCUT2D eigenvalue weighted by molar-refractivity contribution is 0.0600. The van der Waals surface area contributed by atoms with Gasteiger partial charge in [-0.15, -0.1) is 0 Å². The van der Waals surface area contributed by atoms with Gasteiger partial charge in [0.25, 0.3) is 0 Å². The Morgan fingerprint density at radius 1 is 1.33 bits per heavy atom. The number of rotatable bonds is 3. The van der Waals surface area contributed by atoms with E-state index in [1.54, 1.807) is 12.1 Å². The van der Waals surface area contributed by atoms with Crippen molar-refractivity contribution in [3.05, 3.63) is 27.3 Å². The molecule has 0 saturated heterocycles. The fraction of sp³-hybridized carbons (Fsp3) is 0.364. The van der Waals surface area contributed by atoms with Crippen LogP contribution in [0.15, 0.2) is 18.2 Å². The molecule has 0 atom stereocenters. The van der Waals surface area contributed by atoms with Gasteiger partial charge in [0.05, 0.1) is 18.8 Å². The van der Waals surface area contributed by atoms with Crippen molar-refractivity contribution >= 4 is 28.6 Å². The third-order valence-electron chi connectivity index (χ3n) is 1.66. The minimum absolute atomic E-state index is 0.0914. The van der Waals surface area contributed by atoms with Crippen LogP contribution in [0.2, 0.25) is 0 Å². The summed E-state index contributed by atoms with van der Waals surface area (Å²) in [6.07, 6.45) is 0.0914. The van der Waals surface area contributed by atoms with Crippen LogP contribution in [0.4, 0.5) is 0 Å². The normalized spacial score (nSPS) is 10.2. The molecule has 0 spiro atoms. The molecule has 0 amide bonds. The van der Waals surface area contributed by atoms with E-state index < -0.39 is 0 Å². The molecule has 82 valence electrons. The average Bonchev–Trinajstić information content (AvgIpc) is 2.14. The van der Waals surface area contributed by atoms with Crippen molar-refractivity contribution in [3.8, 4) is 5.75 Å². The topological polar surface area (TPSA) is 35.5 Å². The van der Waals surface area contributed by atoms with Gasteiger partial charge in [0.15, 0.2) is 0 Å². The molecular formula is C11H13IO3. The van der Waals surface area contributed by atoms with Crippen LogP contribution in [-0.4, -0.2) is 19.2 Å². The molecule has 0 saturated carbocycles. The maximum atomic E-state index is 11.3. The zero-order valence-corrected chi connectivity index (χ0v) is 11.1. The summed E-state index contributed by atoms with van der Waals surface area (Å²) in [7, 11) is 1.37. The van der Waals surface area contributed by atoms with Crippen LogP contribution in [0.3, 0.4) is 0 Å². The highest BCUT2D eigenvalue weighted by Crippen LogP contribution is 2.20. The summed E-state index contributed by atoms with van der Waals surface area (Å²) < 4.78 is 11.1. The Bertz CT molecular complexity index is 361. The lowest BCUT2D eigenvalue weighted by atomic mass is 10.2. The molecule has 0 radical (unpaired) electrons. The van der Waals surface area contributed by atoms with Gasteiger partial charge in [-0.2, -0.15) is 0 Å². The first-order valence-corrected chi connectivity index (χ1v) is 5.66. The molecule has 0 bridgehead atoms. The number of esters is 1. The van der Waals surface area contributed by atoms with E-state index in [0.29, 0.717) is 11.3 Å². The summed E-state index contributed by atoms with van der Waals surface area (Å²) in [5.74, 6) is 0.347. The molecule has 4 heteroatoms. The molecule has 0 N–H and O–H groups in total. The zero-order chi connectivity index (χ0) is 11.4. The van der Waals surface area contributed by atoms with E-state index in [-0.39, 0.29) is 12.1 Å². The highest BCUT2D eigenvalue weighted by atomic mass is 127. The summed E-state index contributed by atoms with van der Waals surface area (Å²) in [6, 6.07) is 5.33. The van der Waals surface area contributed by atoms with Gasteiger partial charge in [-0.3, -0.25) is 0 Å². The summed E-state index contributed by atoms with van der Waals surface area (Å²) in [5.41, 5.74) is 0.514. The molecule has 0 fully saturated rings. The number of methoxy groups -OCH3 is 1. The fourth-order valence-corrected chi connectivity index (χ4v) is 1.78. The molecule has 3 nitrogen and oxygen atoms in total. The first-order valence-electron chi connectivity index (χ1n) is 4.58. The number of hydrogen-bond acceptors (Lipinski definition) is 3. The molecule has 15 heavy (non-hydrogen) atoms. The van der Waals surface area contributed by atoms with Gasteiger partial charge >= 0.3 is 5.97 Å². The first kappa shape index (κ1) is 12.3. The van der Waals surface area contributed by atoms with Crippen LogP contribution < -0.4 is 4.74 Å². The van der Waals surface area contributed by atoms with Crippen LogP contribution in [0, 0.1) is 3.57 Å². The third-order valence-corrected chi connectivity index (χ3v) is 2.29. The second kappa shape index (κ2) is 5.34. The number of carbonyl (C=O) groups excluding carboxylic acids is 1. The van der Waals surface area contributed by atoms with Crippen LogP contribution in [0.1, 0.15) is 24.2 Å². The number of hydrogen-bond donors (Lipinski definition) is 0. The minimum Gasteiger partial charge on any atom is -0.491 e. The maximum absolute atomic E-state index is 11.3. The van der Waals surface area contributed by atoms with Crippen LogP contribution >= 0.6 is 22.6 Å². The second-order valence-electron chi connectivity index (χ2n) is 3.33. The fourth-order valence-electron chi connectivity index (χ4n) is 1.14. The van der Waals surface area contributed by atoms with Crippen molar-refractivity contribution in [1.29, 1.82) is 0 Å². The van der Waals surface area contributed by atoms with Crippen molar-refractivity contribution < 1.29 is 14.3 Å². The summed E-state index contributed by atoms with van der Waals surface area (Å²) in [4.78, 5) is 11.3. The van der Waals surface area contributed by atoms with E-state index in [0.717, 1.165) is 3.57 Å². The number of carbonyl (C=O) groups is 1. The highest BCUT2D eigenvalue weighted by molar-refractivity contribution is 14.1. The van der Waals surface area contributed by atoms with Gasteiger partial charge in [-0.1, -0.05) is 0 Å². The van der Waals surface area contributed by atoms with Gasteiger partial charge in [-0.05, 0) is 54.6 Å². The molecule has 0 aliphatic rings. The van der Waals surface area contributed by atoms with Crippen molar-refractivity contribution in [3.63, 3.8) is 0 Å². The maximum Gasteiger partial charge on any atom is 0.338 e. The number of benzene rings is 1. The van der Waals surface area contributed by atoms with Crippen LogP contribution in [-0.2, 0) is 4.74 Å². The molecular weight excluding hydrogens is 307 g/mol. The van der Waals surface area contributed by atoms with E-state index in [1.807, 2.05) is 19.9 Å².